The highest BCUT2D eigenvalue weighted by Gasteiger charge is 2.07. The van der Waals surface area contributed by atoms with Gasteiger partial charge in [0.05, 0.1) is 0 Å². The van der Waals surface area contributed by atoms with E-state index in [2.05, 4.69) is 31.4 Å². The van der Waals surface area contributed by atoms with Crippen molar-refractivity contribution in [2.24, 2.45) is 0 Å². The zero-order chi connectivity index (χ0) is 16.9. The molecule has 1 heterocycles. The summed E-state index contributed by atoms with van der Waals surface area (Å²) in [6.45, 7) is 1.89. The molecule has 1 amide bonds. The molecule has 1 aromatic heterocycles. The summed E-state index contributed by atoms with van der Waals surface area (Å²) in [6.07, 6.45) is 1.27. The van der Waals surface area contributed by atoms with E-state index in [1.54, 1.807) is 24.3 Å². The van der Waals surface area contributed by atoms with E-state index in [1.807, 2.05) is 25.1 Å². The van der Waals surface area contributed by atoms with E-state index >= 15 is 0 Å². The molecule has 7 heteroatoms. The number of benzene rings is 2. The highest BCUT2D eigenvalue weighted by Crippen LogP contribution is 2.21. The molecule has 0 unspecified atom stereocenters. The van der Waals surface area contributed by atoms with Crippen LogP contribution in [0.15, 0.2) is 57.7 Å². The second-order valence-electron chi connectivity index (χ2n) is 5.07. The van der Waals surface area contributed by atoms with Gasteiger partial charge in [0.2, 0.25) is 12.3 Å². The molecule has 0 saturated carbocycles. The Kier molecular flexibility index (Phi) is 4.90. The summed E-state index contributed by atoms with van der Waals surface area (Å²) < 4.78 is 11.6. The Hall–Kier alpha value is -2.67. The number of carbonyl (C=O) groups excluding carboxylic acids is 1. The minimum Gasteiger partial charge on any atom is -0.484 e. The van der Waals surface area contributed by atoms with Crippen molar-refractivity contribution in [3.63, 3.8) is 0 Å². The van der Waals surface area contributed by atoms with Gasteiger partial charge in [-0.1, -0.05) is 15.9 Å². The molecular weight excluding hydrogens is 374 g/mol. The Morgan fingerprint density at radius 1 is 1.25 bits per heavy atom. The van der Waals surface area contributed by atoms with Gasteiger partial charge in [-0.25, -0.2) is 0 Å². The lowest BCUT2D eigenvalue weighted by molar-refractivity contribution is -0.118. The average Bonchev–Trinajstić information content (AvgIpc) is 3.11. The largest absolute Gasteiger partial charge is 0.484 e. The van der Waals surface area contributed by atoms with E-state index in [9.17, 15) is 4.79 Å². The molecule has 6 nitrogen and oxygen atoms in total. The molecule has 1 N–H and O–H groups in total. The minimum absolute atomic E-state index is 0.0744. The molecule has 0 fully saturated rings. The molecule has 0 bridgehead atoms. The number of amides is 1. The van der Waals surface area contributed by atoms with Crippen molar-refractivity contribution in [2.75, 3.05) is 11.9 Å². The smallest absolute Gasteiger partial charge is 0.262 e. The van der Waals surface area contributed by atoms with Crippen LogP contribution in [-0.4, -0.2) is 22.7 Å². The van der Waals surface area contributed by atoms with Crippen LogP contribution < -0.4 is 10.1 Å². The summed E-state index contributed by atoms with van der Waals surface area (Å²) in [5.41, 5.74) is 2.57. The number of aromatic nitrogens is 2. The van der Waals surface area contributed by atoms with Crippen molar-refractivity contribution in [3.8, 4) is 17.2 Å². The maximum atomic E-state index is 12.0. The number of nitrogens with one attached hydrogen (secondary N) is 1. The van der Waals surface area contributed by atoms with E-state index in [1.165, 1.54) is 6.39 Å². The number of hydrogen-bond acceptors (Lipinski definition) is 5. The monoisotopic (exact) mass is 387 g/mol. The van der Waals surface area contributed by atoms with Crippen LogP contribution in [0.25, 0.3) is 11.5 Å². The molecule has 0 spiro atoms. The number of hydrogen-bond donors (Lipinski definition) is 1. The van der Waals surface area contributed by atoms with Crippen LogP contribution in [0.4, 0.5) is 5.69 Å². The van der Waals surface area contributed by atoms with E-state index in [0.717, 1.165) is 21.3 Å². The molecule has 3 rings (SSSR count). The summed E-state index contributed by atoms with van der Waals surface area (Å²) in [6, 6.07) is 12.7. The second-order valence-corrected chi connectivity index (χ2v) is 5.92. The normalized spacial score (nSPS) is 10.4. The van der Waals surface area contributed by atoms with Gasteiger partial charge < -0.3 is 14.5 Å². The van der Waals surface area contributed by atoms with E-state index in [-0.39, 0.29) is 12.5 Å². The first-order valence-corrected chi connectivity index (χ1v) is 7.96. The Bertz CT molecular complexity index is 833. The first-order chi connectivity index (χ1) is 11.6. The van der Waals surface area contributed by atoms with Crippen molar-refractivity contribution in [1.29, 1.82) is 0 Å². The first kappa shape index (κ1) is 16.2. The highest BCUT2D eigenvalue weighted by atomic mass is 79.9. The number of aryl methyl sites for hydroxylation is 1. The van der Waals surface area contributed by atoms with Crippen LogP contribution in [-0.2, 0) is 4.79 Å². The molecule has 3 aromatic rings. The molecule has 0 atom stereocenters. The third-order valence-electron chi connectivity index (χ3n) is 3.27. The standard InChI is InChI=1S/C17H14BrN3O3/c1-11-8-13(4-7-15(11)18)20-16(22)9-23-14-5-2-12(3-6-14)17-21-19-10-24-17/h2-8,10H,9H2,1H3,(H,20,22). The van der Waals surface area contributed by atoms with Gasteiger partial charge in [0.1, 0.15) is 5.75 Å². The number of nitrogens with zero attached hydrogens (tertiary/aromatic N) is 2. The lowest BCUT2D eigenvalue weighted by Crippen LogP contribution is -2.20. The number of halogens is 1. The van der Waals surface area contributed by atoms with Crippen molar-refractivity contribution in [1.82, 2.24) is 10.2 Å². The van der Waals surface area contributed by atoms with E-state index in [4.69, 9.17) is 9.15 Å². The lowest BCUT2D eigenvalue weighted by Gasteiger charge is -2.09. The molecule has 122 valence electrons. The zero-order valence-electron chi connectivity index (χ0n) is 12.8. The van der Waals surface area contributed by atoms with Gasteiger partial charge in [0, 0.05) is 15.7 Å². The van der Waals surface area contributed by atoms with Crippen molar-refractivity contribution in [2.45, 2.75) is 6.92 Å². The molecule has 0 radical (unpaired) electrons. The molecule has 0 saturated heterocycles. The van der Waals surface area contributed by atoms with Crippen LogP contribution in [0, 0.1) is 6.92 Å². The van der Waals surface area contributed by atoms with Crippen molar-refractivity contribution >= 4 is 27.5 Å². The van der Waals surface area contributed by atoms with Crippen LogP contribution in [0.1, 0.15) is 5.56 Å². The summed E-state index contributed by atoms with van der Waals surface area (Å²) in [4.78, 5) is 12.0. The Balaban J connectivity index is 1.55. The fourth-order valence-electron chi connectivity index (χ4n) is 2.06. The SMILES string of the molecule is Cc1cc(NC(=O)COc2ccc(-c3nnco3)cc2)ccc1Br. The molecule has 2 aromatic carbocycles. The summed E-state index contributed by atoms with van der Waals surface area (Å²) in [5, 5.41) is 10.2. The van der Waals surface area contributed by atoms with Gasteiger partial charge in [-0.3, -0.25) is 4.79 Å². The van der Waals surface area contributed by atoms with Gasteiger partial charge >= 0.3 is 0 Å². The third kappa shape index (κ3) is 3.99. The number of carbonyl (C=O) groups is 1. The van der Waals surface area contributed by atoms with Crippen LogP contribution in [0.2, 0.25) is 0 Å². The molecule has 0 aliphatic heterocycles. The predicted octanol–water partition coefficient (Wildman–Crippen LogP) is 3.83. The topological polar surface area (TPSA) is 77.2 Å². The van der Waals surface area contributed by atoms with Crippen LogP contribution in [0.3, 0.4) is 0 Å². The van der Waals surface area contributed by atoms with Gasteiger partial charge in [-0.15, -0.1) is 10.2 Å². The summed E-state index contributed by atoms with van der Waals surface area (Å²) in [5.74, 6) is 0.794. The van der Waals surface area contributed by atoms with Crippen molar-refractivity contribution < 1.29 is 13.9 Å². The fourth-order valence-corrected chi connectivity index (χ4v) is 2.31. The molecular formula is C17H14BrN3O3. The number of anilines is 1. The lowest BCUT2D eigenvalue weighted by atomic mass is 10.2. The van der Waals surface area contributed by atoms with Gasteiger partial charge in [0.25, 0.3) is 5.91 Å². The van der Waals surface area contributed by atoms with E-state index in [0.29, 0.717) is 11.6 Å². The van der Waals surface area contributed by atoms with Crippen LogP contribution >= 0.6 is 15.9 Å². The van der Waals surface area contributed by atoms with Crippen LogP contribution in [0.5, 0.6) is 5.75 Å². The molecule has 0 aliphatic rings. The Morgan fingerprint density at radius 3 is 2.71 bits per heavy atom. The molecule has 0 aliphatic carbocycles. The third-order valence-corrected chi connectivity index (χ3v) is 4.16. The predicted molar refractivity (Wildman–Crippen MR) is 92.7 cm³/mol. The van der Waals surface area contributed by atoms with Gasteiger partial charge in [0.15, 0.2) is 6.61 Å². The fraction of sp³-hybridized carbons (Fsp3) is 0.118. The van der Waals surface area contributed by atoms with Crippen molar-refractivity contribution in [3.05, 3.63) is 58.9 Å². The maximum Gasteiger partial charge on any atom is 0.262 e. The first-order valence-electron chi connectivity index (χ1n) is 7.17. The number of ether oxygens (including phenoxy) is 1. The average molecular weight is 388 g/mol. The molecule has 24 heavy (non-hydrogen) atoms. The van der Waals surface area contributed by atoms with E-state index < -0.39 is 0 Å². The zero-order valence-corrected chi connectivity index (χ0v) is 14.4. The quantitative estimate of drug-likeness (QED) is 0.719. The Labute approximate surface area is 147 Å². The van der Waals surface area contributed by atoms with Gasteiger partial charge in [-0.2, -0.15) is 0 Å². The maximum absolute atomic E-state index is 12.0. The summed E-state index contributed by atoms with van der Waals surface area (Å²) in [7, 11) is 0. The number of rotatable bonds is 5. The highest BCUT2D eigenvalue weighted by molar-refractivity contribution is 9.10. The summed E-state index contributed by atoms with van der Waals surface area (Å²) >= 11 is 3.42. The van der Waals surface area contributed by atoms with Gasteiger partial charge in [-0.05, 0) is 55.0 Å². The second kappa shape index (κ2) is 7.27. The minimum atomic E-state index is -0.224. The Morgan fingerprint density at radius 2 is 2.04 bits per heavy atom.